The molecule has 0 aromatic carbocycles. The standard InChI is InChI=1S/C13H18N6/c1-14-13-18-11-4-6-15-8-10(11)12(19-13)17-7-9-3-2-5-16-9/h2-3,5,15-16H,4,6-8H2,1H3,(H2,14,17,18,19). The van der Waals surface area contributed by atoms with Gasteiger partial charge in [-0.2, -0.15) is 4.98 Å². The highest BCUT2D eigenvalue weighted by Crippen LogP contribution is 2.22. The summed E-state index contributed by atoms with van der Waals surface area (Å²) in [6, 6.07) is 4.05. The topological polar surface area (TPSA) is 77.7 Å². The number of aromatic nitrogens is 3. The van der Waals surface area contributed by atoms with Crippen molar-refractivity contribution in [3.8, 4) is 0 Å². The van der Waals surface area contributed by atoms with Crippen molar-refractivity contribution < 1.29 is 0 Å². The van der Waals surface area contributed by atoms with Crippen molar-refractivity contribution in [2.45, 2.75) is 19.5 Å². The molecule has 0 unspecified atom stereocenters. The first kappa shape index (κ1) is 12.0. The Bertz CT molecular complexity index is 549. The SMILES string of the molecule is CNc1nc2c(c(NCc3ccc[nH]3)n1)CNCC2. The lowest BCUT2D eigenvalue weighted by Crippen LogP contribution is -2.26. The van der Waals surface area contributed by atoms with Gasteiger partial charge in [0.1, 0.15) is 5.82 Å². The number of fused-ring (bicyclic) bond motifs is 1. The van der Waals surface area contributed by atoms with Crippen molar-refractivity contribution >= 4 is 11.8 Å². The van der Waals surface area contributed by atoms with E-state index >= 15 is 0 Å². The van der Waals surface area contributed by atoms with E-state index in [1.54, 1.807) is 0 Å². The van der Waals surface area contributed by atoms with Gasteiger partial charge in [-0.3, -0.25) is 0 Å². The largest absolute Gasteiger partial charge is 0.364 e. The molecule has 4 N–H and O–H groups in total. The molecule has 2 aromatic rings. The van der Waals surface area contributed by atoms with Gasteiger partial charge in [-0.25, -0.2) is 4.98 Å². The van der Waals surface area contributed by atoms with Crippen molar-refractivity contribution in [2.24, 2.45) is 0 Å². The first-order chi connectivity index (χ1) is 9.36. The summed E-state index contributed by atoms with van der Waals surface area (Å²) in [5, 5.41) is 9.77. The lowest BCUT2D eigenvalue weighted by atomic mass is 10.1. The van der Waals surface area contributed by atoms with Gasteiger partial charge >= 0.3 is 0 Å². The van der Waals surface area contributed by atoms with Gasteiger partial charge < -0.3 is 20.9 Å². The van der Waals surface area contributed by atoms with Crippen molar-refractivity contribution in [3.63, 3.8) is 0 Å². The van der Waals surface area contributed by atoms with Crippen LogP contribution in [0.2, 0.25) is 0 Å². The second kappa shape index (κ2) is 5.27. The molecule has 0 radical (unpaired) electrons. The van der Waals surface area contributed by atoms with Crippen LogP contribution in [-0.4, -0.2) is 28.5 Å². The second-order valence-electron chi connectivity index (χ2n) is 4.55. The van der Waals surface area contributed by atoms with Gasteiger partial charge in [0.15, 0.2) is 0 Å². The van der Waals surface area contributed by atoms with Crippen LogP contribution in [0.15, 0.2) is 18.3 Å². The van der Waals surface area contributed by atoms with E-state index in [-0.39, 0.29) is 0 Å². The van der Waals surface area contributed by atoms with E-state index < -0.39 is 0 Å². The predicted octanol–water partition coefficient (Wildman–Crippen LogP) is 1.10. The van der Waals surface area contributed by atoms with E-state index in [9.17, 15) is 0 Å². The van der Waals surface area contributed by atoms with E-state index in [0.29, 0.717) is 5.95 Å². The summed E-state index contributed by atoms with van der Waals surface area (Å²) in [5.74, 6) is 1.59. The van der Waals surface area contributed by atoms with Crippen LogP contribution in [0, 0.1) is 0 Å². The molecule has 3 rings (SSSR count). The first-order valence-corrected chi connectivity index (χ1v) is 6.51. The summed E-state index contributed by atoms with van der Waals surface area (Å²) in [6.07, 6.45) is 2.87. The zero-order valence-corrected chi connectivity index (χ0v) is 11.0. The molecular weight excluding hydrogens is 240 g/mol. The third-order valence-corrected chi connectivity index (χ3v) is 3.27. The van der Waals surface area contributed by atoms with Crippen LogP contribution in [-0.2, 0) is 19.5 Å². The Balaban J connectivity index is 1.86. The van der Waals surface area contributed by atoms with Gasteiger partial charge in [0.25, 0.3) is 0 Å². The van der Waals surface area contributed by atoms with E-state index in [4.69, 9.17) is 0 Å². The Morgan fingerprint density at radius 1 is 1.37 bits per heavy atom. The molecule has 6 nitrogen and oxygen atoms in total. The average molecular weight is 258 g/mol. The van der Waals surface area contributed by atoms with Crippen molar-refractivity contribution in [1.82, 2.24) is 20.3 Å². The zero-order chi connectivity index (χ0) is 13.1. The summed E-state index contributed by atoms with van der Waals surface area (Å²) in [4.78, 5) is 12.2. The molecule has 0 atom stereocenters. The van der Waals surface area contributed by atoms with Crippen LogP contribution in [0.5, 0.6) is 0 Å². The maximum absolute atomic E-state index is 4.53. The molecule has 1 aliphatic rings. The molecule has 19 heavy (non-hydrogen) atoms. The molecule has 0 amide bonds. The lowest BCUT2D eigenvalue weighted by Gasteiger charge is -2.20. The van der Waals surface area contributed by atoms with E-state index in [0.717, 1.165) is 43.3 Å². The monoisotopic (exact) mass is 258 g/mol. The highest BCUT2D eigenvalue weighted by Gasteiger charge is 2.17. The number of rotatable bonds is 4. The first-order valence-electron chi connectivity index (χ1n) is 6.51. The molecule has 0 aliphatic carbocycles. The minimum atomic E-state index is 0.676. The van der Waals surface area contributed by atoms with Crippen LogP contribution in [0.1, 0.15) is 17.0 Å². The number of aromatic amines is 1. The quantitative estimate of drug-likeness (QED) is 0.660. The summed E-state index contributed by atoms with van der Waals surface area (Å²) in [6.45, 7) is 2.54. The Labute approximate surface area is 112 Å². The third kappa shape index (κ3) is 2.53. The van der Waals surface area contributed by atoms with Gasteiger partial charge in [0, 0.05) is 44.0 Å². The molecule has 0 saturated carbocycles. The molecule has 100 valence electrons. The number of nitrogens with one attached hydrogen (secondary N) is 4. The Kier molecular flexibility index (Phi) is 3.33. The number of anilines is 2. The second-order valence-corrected chi connectivity index (χ2v) is 4.55. The normalized spacial score (nSPS) is 13.9. The highest BCUT2D eigenvalue weighted by molar-refractivity contribution is 5.51. The minimum Gasteiger partial charge on any atom is -0.364 e. The molecule has 0 bridgehead atoms. The molecule has 6 heteroatoms. The average Bonchev–Trinajstić information content (AvgIpc) is 2.97. The Hall–Kier alpha value is -2.08. The van der Waals surface area contributed by atoms with E-state index in [1.807, 2.05) is 19.3 Å². The van der Waals surface area contributed by atoms with E-state index in [2.05, 4.69) is 37.0 Å². The van der Waals surface area contributed by atoms with Crippen LogP contribution >= 0.6 is 0 Å². The summed E-state index contributed by atoms with van der Waals surface area (Å²) in [5.41, 5.74) is 3.45. The number of hydrogen-bond donors (Lipinski definition) is 4. The Morgan fingerprint density at radius 2 is 2.32 bits per heavy atom. The fourth-order valence-corrected chi connectivity index (χ4v) is 2.26. The van der Waals surface area contributed by atoms with Crippen molar-refractivity contribution in [2.75, 3.05) is 24.2 Å². The van der Waals surface area contributed by atoms with Gasteiger partial charge in [0.2, 0.25) is 5.95 Å². The van der Waals surface area contributed by atoms with Gasteiger partial charge in [-0.15, -0.1) is 0 Å². The summed E-state index contributed by atoms with van der Waals surface area (Å²) < 4.78 is 0. The van der Waals surface area contributed by atoms with Crippen molar-refractivity contribution in [3.05, 3.63) is 35.3 Å². The number of hydrogen-bond acceptors (Lipinski definition) is 5. The maximum Gasteiger partial charge on any atom is 0.224 e. The molecule has 2 aromatic heterocycles. The fourth-order valence-electron chi connectivity index (χ4n) is 2.26. The van der Waals surface area contributed by atoms with Crippen LogP contribution in [0.3, 0.4) is 0 Å². The summed E-state index contributed by atoms with van der Waals surface area (Å²) >= 11 is 0. The van der Waals surface area contributed by atoms with Crippen LogP contribution in [0.25, 0.3) is 0 Å². The molecule has 0 saturated heterocycles. The number of nitrogens with zero attached hydrogens (tertiary/aromatic N) is 2. The molecular formula is C13H18N6. The van der Waals surface area contributed by atoms with Gasteiger partial charge in [-0.05, 0) is 12.1 Å². The predicted molar refractivity (Wildman–Crippen MR) is 75.1 cm³/mol. The molecule has 1 aliphatic heterocycles. The van der Waals surface area contributed by atoms with Crippen LogP contribution in [0.4, 0.5) is 11.8 Å². The summed E-state index contributed by atoms with van der Waals surface area (Å²) in [7, 11) is 1.84. The maximum atomic E-state index is 4.53. The van der Waals surface area contributed by atoms with Gasteiger partial charge in [-0.1, -0.05) is 0 Å². The lowest BCUT2D eigenvalue weighted by molar-refractivity contribution is 0.628. The third-order valence-electron chi connectivity index (χ3n) is 3.27. The van der Waals surface area contributed by atoms with Gasteiger partial charge in [0.05, 0.1) is 12.2 Å². The minimum absolute atomic E-state index is 0.676. The van der Waals surface area contributed by atoms with E-state index in [1.165, 1.54) is 5.56 Å². The van der Waals surface area contributed by atoms with Crippen LogP contribution < -0.4 is 16.0 Å². The molecule has 3 heterocycles. The molecule has 0 spiro atoms. The zero-order valence-electron chi connectivity index (χ0n) is 11.0. The fraction of sp³-hybridized carbons (Fsp3) is 0.385. The Morgan fingerprint density at radius 3 is 3.11 bits per heavy atom. The number of H-pyrrole nitrogens is 1. The highest BCUT2D eigenvalue weighted by atomic mass is 15.1. The smallest absolute Gasteiger partial charge is 0.224 e. The van der Waals surface area contributed by atoms with Crippen molar-refractivity contribution in [1.29, 1.82) is 0 Å². The molecule has 0 fully saturated rings.